The normalized spacial score (nSPS) is 25.6. The second-order valence-electron chi connectivity index (χ2n) is 1.14. The van der Waals surface area contributed by atoms with E-state index in [-0.39, 0.29) is 0 Å². The maximum absolute atomic E-state index is 9.70. The summed E-state index contributed by atoms with van der Waals surface area (Å²) in [6, 6.07) is 0. The molecule has 1 unspecified atom stereocenters. The van der Waals surface area contributed by atoms with Gasteiger partial charge in [-0.1, -0.05) is 0 Å². The topological polar surface area (TPSA) is 20.1 Å². The Morgan fingerprint density at radius 2 is 2.20 bits per heavy atom. The SMILES string of the molecule is O=[PH2]N1CC1. The zero-order chi connectivity index (χ0) is 3.70. The third-order valence-electron chi connectivity index (χ3n) is 0.631. The summed E-state index contributed by atoms with van der Waals surface area (Å²) >= 11 is 0. The summed E-state index contributed by atoms with van der Waals surface area (Å²) in [4.78, 5) is 0. The molecule has 1 saturated heterocycles. The van der Waals surface area contributed by atoms with Gasteiger partial charge in [-0.2, -0.15) is 0 Å². The first-order chi connectivity index (χ1) is 2.43. The molecule has 0 spiro atoms. The molecular formula is C2H6NOP. The van der Waals surface area contributed by atoms with Crippen molar-refractivity contribution in [2.24, 2.45) is 0 Å². The fraction of sp³-hybridized carbons (Fsp3) is 1.00. The van der Waals surface area contributed by atoms with E-state index in [1.807, 2.05) is 4.67 Å². The van der Waals surface area contributed by atoms with Crippen LogP contribution in [0.4, 0.5) is 0 Å². The van der Waals surface area contributed by atoms with Gasteiger partial charge in [-0.05, 0) is 0 Å². The van der Waals surface area contributed by atoms with E-state index in [0.717, 1.165) is 13.1 Å². The van der Waals surface area contributed by atoms with Gasteiger partial charge in [-0.3, -0.25) is 4.67 Å². The molecule has 2 nitrogen and oxygen atoms in total. The molecule has 1 aliphatic rings. The molecule has 3 heteroatoms. The van der Waals surface area contributed by atoms with Crippen molar-refractivity contribution in [1.29, 1.82) is 0 Å². The molecule has 0 aromatic rings. The number of nitrogens with zero attached hydrogens (tertiary/aromatic N) is 1. The molecule has 5 heavy (non-hydrogen) atoms. The lowest BCUT2D eigenvalue weighted by Crippen LogP contribution is -1.61. The average molecular weight is 91.0 g/mol. The summed E-state index contributed by atoms with van der Waals surface area (Å²) in [5, 5.41) is 0. The van der Waals surface area contributed by atoms with Crippen LogP contribution < -0.4 is 0 Å². The highest BCUT2D eigenvalue weighted by molar-refractivity contribution is 7.21. The van der Waals surface area contributed by atoms with Gasteiger partial charge in [0.15, 0.2) is 0 Å². The Morgan fingerprint density at radius 3 is 2.20 bits per heavy atom. The van der Waals surface area contributed by atoms with E-state index in [1.54, 1.807) is 0 Å². The minimum Gasteiger partial charge on any atom is -0.313 e. The second kappa shape index (κ2) is 1.11. The van der Waals surface area contributed by atoms with Gasteiger partial charge in [0.2, 0.25) is 0 Å². The quantitative estimate of drug-likeness (QED) is 0.333. The highest BCUT2D eigenvalue weighted by Gasteiger charge is 2.12. The summed E-state index contributed by atoms with van der Waals surface area (Å²) in [7, 11) is -0.574. The Morgan fingerprint density at radius 1 is 1.60 bits per heavy atom. The van der Waals surface area contributed by atoms with Gasteiger partial charge in [0.25, 0.3) is 0 Å². The van der Waals surface area contributed by atoms with Crippen LogP contribution in [-0.4, -0.2) is 17.8 Å². The van der Waals surface area contributed by atoms with Crippen molar-refractivity contribution in [2.45, 2.75) is 0 Å². The maximum Gasteiger partial charge on any atom is 0.127 e. The number of rotatable bonds is 1. The van der Waals surface area contributed by atoms with E-state index in [9.17, 15) is 4.57 Å². The van der Waals surface area contributed by atoms with Gasteiger partial charge in [-0.25, -0.2) is 0 Å². The fourth-order valence-electron chi connectivity index (χ4n) is 0.163. The first-order valence-corrected chi connectivity index (χ1v) is 2.61. The molecule has 0 aromatic heterocycles. The molecule has 0 aromatic carbocycles. The highest BCUT2D eigenvalue weighted by Crippen LogP contribution is 2.13. The van der Waals surface area contributed by atoms with Gasteiger partial charge in [0.1, 0.15) is 8.61 Å². The summed E-state index contributed by atoms with van der Waals surface area (Å²) in [5.74, 6) is 0. The Labute approximate surface area is 32.0 Å². The predicted molar refractivity (Wildman–Crippen MR) is 22.0 cm³/mol. The first-order valence-electron chi connectivity index (χ1n) is 1.63. The van der Waals surface area contributed by atoms with Crippen molar-refractivity contribution < 1.29 is 4.57 Å². The monoisotopic (exact) mass is 91.0 g/mol. The zero-order valence-corrected chi connectivity index (χ0v) is 4.00. The minimum absolute atomic E-state index is 0.574. The van der Waals surface area contributed by atoms with Crippen molar-refractivity contribution >= 4 is 8.61 Å². The van der Waals surface area contributed by atoms with Crippen LogP contribution in [0.5, 0.6) is 0 Å². The van der Waals surface area contributed by atoms with Crippen LogP contribution in [0.25, 0.3) is 0 Å². The van der Waals surface area contributed by atoms with Crippen LogP contribution in [0.2, 0.25) is 0 Å². The highest BCUT2D eigenvalue weighted by atomic mass is 31.1. The van der Waals surface area contributed by atoms with E-state index >= 15 is 0 Å². The summed E-state index contributed by atoms with van der Waals surface area (Å²) < 4.78 is 11.6. The van der Waals surface area contributed by atoms with Crippen molar-refractivity contribution in [1.82, 2.24) is 4.67 Å². The Bertz CT molecular complexity index is 51.6. The molecule has 0 aliphatic carbocycles. The number of hydrogen-bond donors (Lipinski definition) is 0. The first kappa shape index (κ1) is 3.38. The van der Waals surface area contributed by atoms with E-state index in [4.69, 9.17) is 0 Å². The molecular weight excluding hydrogens is 85.0 g/mol. The van der Waals surface area contributed by atoms with E-state index < -0.39 is 8.61 Å². The number of hydrogen-bond acceptors (Lipinski definition) is 1. The second-order valence-corrected chi connectivity index (χ2v) is 2.08. The van der Waals surface area contributed by atoms with E-state index in [0.29, 0.717) is 0 Å². The molecule has 1 heterocycles. The summed E-state index contributed by atoms with van der Waals surface area (Å²) in [5.41, 5.74) is 0. The van der Waals surface area contributed by atoms with Crippen molar-refractivity contribution in [3.63, 3.8) is 0 Å². The largest absolute Gasteiger partial charge is 0.313 e. The maximum atomic E-state index is 9.70. The van der Waals surface area contributed by atoms with Crippen LogP contribution in [0.3, 0.4) is 0 Å². The van der Waals surface area contributed by atoms with Crippen molar-refractivity contribution in [3.05, 3.63) is 0 Å². The molecule has 1 rings (SSSR count). The third kappa shape index (κ3) is 0.746. The predicted octanol–water partition coefficient (Wildman–Crippen LogP) is -0.0267. The Kier molecular flexibility index (Phi) is 0.753. The molecule has 0 saturated carbocycles. The summed E-state index contributed by atoms with van der Waals surface area (Å²) in [6.07, 6.45) is 0. The molecule has 1 aliphatic heterocycles. The molecule has 0 bridgehead atoms. The van der Waals surface area contributed by atoms with Crippen LogP contribution in [-0.2, 0) is 4.57 Å². The molecule has 30 valence electrons. The van der Waals surface area contributed by atoms with Gasteiger partial charge < -0.3 is 4.57 Å². The van der Waals surface area contributed by atoms with Crippen LogP contribution in [0.1, 0.15) is 0 Å². The lowest BCUT2D eigenvalue weighted by atomic mass is 11.0. The van der Waals surface area contributed by atoms with Crippen LogP contribution >= 0.6 is 8.61 Å². The fourth-order valence-corrected chi connectivity index (χ4v) is 0.489. The van der Waals surface area contributed by atoms with Gasteiger partial charge in [0.05, 0.1) is 0 Å². The van der Waals surface area contributed by atoms with Crippen molar-refractivity contribution in [2.75, 3.05) is 13.1 Å². The molecule has 0 amide bonds. The smallest absolute Gasteiger partial charge is 0.127 e. The lowest BCUT2D eigenvalue weighted by Gasteiger charge is -1.68. The summed E-state index contributed by atoms with van der Waals surface area (Å²) in [6.45, 7) is 2.14. The van der Waals surface area contributed by atoms with Crippen LogP contribution in [0, 0.1) is 0 Å². The van der Waals surface area contributed by atoms with E-state index in [1.165, 1.54) is 0 Å². The van der Waals surface area contributed by atoms with Crippen LogP contribution in [0.15, 0.2) is 0 Å². The minimum atomic E-state index is -0.574. The Balaban J connectivity index is 2.21. The molecule has 1 fully saturated rings. The third-order valence-corrected chi connectivity index (χ3v) is 1.45. The molecule has 0 N–H and O–H groups in total. The molecule has 0 radical (unpaired) electrons. The lowest BCUT2D eigenvalue weighted by molar-refractivity contribution is 0.581. The van der Waals surface area contributed by atoms with Gasteiger partial charge in [0, 0.05) is 13.1 Å². The standard InChI is InChI=1S/C2H6NOP/c4-5-3-1-2-3/h1-2,5H2. The van der Waals surface area contributed by atoms with Gasteiger partial charge >= 0.3 is 0 Å². The average Bonchev–Trinajstić information content (AvgIpc) is 2.12. The zero-order valence-electron chi connectivity index (χ0n) is 2.85. The van der Waals surface area contributed by atoms with E-state index in [2.05, 4.69) is 0 Å². The molecule has 1 atom stereocenters. The Hall–Kier alpha value is 0.190. The van der Waals surface area contributed by atoms with Crippen molar-refractivity contribution in [3.8, 4) is 0 Å². The van der Waals surface area contributed by atoms with Gasteiger partial charge in [-0.15, -0.1) is 0 Å².